The summed E-state index contributed by atoms with van der Waals surface area (Å²) in [5, 5.41) is 0. The number of guanidine groups is 1. The second-order valence-electron chi connectivity index (χ2n) is 4.77. The highest BCUT2D eigenvalue weighted by Gasteiger charge is 2.18. The Morgan fingerprint density at radius 1 is 1.21 bits per heavy atom. The molecular formula is C14H14N4O5S. The molecule has 1 aromatic heterocycles. The molecule has 0 aliphatic rings. The van der Waals surface area contributed by atoms with Gasteiger partial charge in [0.1, 0.15) is 16.4 Å². The first-order valence-electron chi connectivity index (χ1n) is 6.51. The third-order valence-corrected chi connectivity index (χ3v) is 3.91. The highest BCUT2D eigenvalue weighted by atomic mass is 32.2. The summed E-state index contributed by atoms with van der Waals surface area (Å²) in [6, 6.07) is 6.31. The number of rotatable bonds is 4. The minimum Gasteiger partial charge on any atom is -0.456 e. The maximum atomic E-state index is 12.0. The van der Waals surface area contributed by atoms with Gasteiger partial charge < -0.3 is 21.2 Å². The van der Waals surface area contributed by atoms with Crippen LogP contribution in [0.25, 0.3) is 0 Å². The molecule has 9 nitrogen and oxygen atoms in total. The van der Waals surface area contributed by atoms with Crippen LogP contribution in [0.2, 0.25) is 0 Å². The molecule has 5 N–H and O–H groups in total. The van der Waals surface area contributed by atoms with Gasteiger partial charge in [0.2, 0.25) is 0 Å². The van der Waals surface area contributed by atoms with Gasteiger partial charge in [0, 0.05) is 24.1 Å². The van der Waals surface area contributed by atoms with Crippen LogP contribution in [0.4, 0.5) is 0 Å². The Hall–Kier alpha value is -3.14. The van der Waals surface area contributed by atoms with Gasteiger partial charge in [-0.1, -0.05) is 0 Å². The number of carbonyl (C=O) groups is 1. The normalized spacial score (nSPS) is 10.9. The van der Waals surface area contributed by atoms with Crippen LogP contribution in [0, 0.1) is 0 Å². The maximum Gasteiger partial charge on any atom is 0.280 e. The van der Waals surface area contributed by atoms with Crippen molar-refractivity contribution in [2.24, 2.45) is 16.5 Å². The number of nitrogens with one attached hydrogen (secondary N) is 1. The lowest BCUT2D eigenvalue weighted by Crippen LogP contribution is -2.24. The molecule has 0 radical (unpaired) electrons. The van der Waals surface area contributed by atoms with E-state index in [9.17, 15) is 18.0 Å². The van der Waals surface area contributed by atoms with Crippen LogP contribution in [0.5, 0.6) is 11.5 Å². The molecule has 2 aromatic rings. The van der Waals surface area contributed by atoms with Crippen molar-refractivity contribution in [3.8, 4) is 11.5 Å². The average molecular weight is 350 g/mol. The van der Waals surface area contributed by atoms with Crippen molar-refractivity contribution < 1.29 is 17.9 Å². The number of pyridine rings is 1. The molecule has 0 saturated carbocycles. The number of aliphatic imine (C=N–C) groups is 1. The number of hydrogen-bond donors (Lipinski definition) is 3. The van der Waals surface area contributed by atoms with Crippen molar-refractivity contribution in [1.82, 2.24) is 4.98 Å². The second kappa shape index (κ2) is 6.54. The number of sulfone groups is 1. The first-order chi connectivity index (χ1) is 11.2. The third kappa shape index (κ3) is 4.20. The Balaban J connectivity index is 2.51. The summed E-state index contributed by atoms with van der Waals surface area (Å²) >= 11 is 0. The molecule has 0 fully saturated rings. The van der Waals surface area contributed by atoms with Crippen molar-refractivity contribution in [2.45, 2.75) is 4.90 Å². The zero-order chi connectivity index (χ0) is 17.9. The summed E-state index contributed by atoms with van der Waals surface area (Å²) < 4.78 is 29.4. The van der Waals surface area contributed by atoms with Crippen molar-refractivity contribution in [3.05, 3.63) is 52.4 Å². The maximum absolute atomic E-state index is 12.0. The predicted molar refractivity (Wildman–Crippen MR) is 86.8 cm³/mol. The number of aromatic nitrogens is 1. The number of nitrogens with zero attached hydrogens (tertiary/aromatic N) is 1. The highest BCUT2D eigenvalue weighted by Crippen LogP contribution is 2.29. The van der Waals surface area contributed by atoms with Crippen LogP contribution in [-0.2, 0) is 9.84 Å². The molecule has 0 aliphatic heterocycles. The van der Waals surface area contributed by atoms with Crippen LogP contribution < -0.4 is 21.8 Å². The van der Waals surface area contributed by atoms with E-state index in [0.717, 1.165) is 18.4 Å². The highest BCUT2D eigenvalue weighted by molar-refractivity contribution is 7.90. The van der Waals surface area contributed by atoms with Crippen LogP contribution in [-0.4, -0.2) is 31.5 Å². The molecule has 0 spiro atoms. The van der Waals surface area contributed by atoms with Gasteiger partial charge in [-0.2, -0.15) is 4.99 Å². The van der Waals surface area contributed by atoms with E-state index in [0.29, 0.717) is 0 Å². The Bertz CT molecular complexity index is 975. The molecule has 0 aliphatic carbocycles. The Morgan fingerprint density at radius 3 is 2.50 bits per heavy atom. The van der Waals surface area contributed by atoms with Crippen molar-refractivity contribution in [1.29, 1.82) is 0 Å². The number of carbonyl (C=O) groups excluding carboxylic acids is 1. The third-order valence-electron chi connectivity index (χ3n) is 2.80. The lowest BCUT2D eigenvalue weighted by molar-refractivity contribution is 0.100. The lowest BCUT2D eigenvalue weighted by atomic mass is 10.2. The molecule has 0 saturated heterocycles. The van der Waals surface area contributed by atoms with Gasteiger partial charge in [0.15, 0.2) is 15.8 Å². The molecule has 126 valence electrons. The smallest absolute Gasteiger partial charge is 0.280 e. The number of amides is 1. The molecule has 0 bridgehead atoms. The zero-order valence-corrected chi connectivity index (χ0v) is 13.3. The summed E-state index contributed by atoms with van der Waals surface area (Å²) in [7, 11) is -3.72. The molecule has 0 atom stereocenters. The minimum atomic E-state index is -3.72. The fraction of sp³-hybridized carbons (Fsp3) is 0.0714. The van der Waals surface area contributed by atoms with E-state index in [4.69, 9.17) is 16.2 Å². The molecule has 24 heavy (non-hydrogen) atoms. The number of nitrogens with two attached hydrogens (primary N) is 2. The van der Waals surface area contributed by atoms with Gasteiger partial charge in [0.05, 0.1) is 0 Å². The molecule has 1 aromatic carbocycles. The van der Waals surface area contributed by atoms with E-state index in [2.05, 4.69) is 9.98 Å². The SMILES string of the molecule is CS(=O)(=O)c1cc(C(=O)N=C(N)N)ccc1Oc1cc[nH]c(=O)c1. The number of ether oxygens (including phenoxy) is 1. The number of hydrogen-bond acceptors (Lipinski definition) is 5. The average Bonchev–Trinajstić information content (AvgIpc) is 2.45. The minimum absolute atomic E-state index is 0.0258. The van der Waals surface area contributed by atoms with Crippen LogP contribution in [0.15, 0.2) is 51.2 Å². The first kappa shape index (κ1) is 17.2. The van der Waals surface area contributed by atoms with Gasteiger partial charge in [-0.05, 0) is 24.3 Å². The quantitative estimate of drug-likeness (QED) is 0.516. The van der Waals surface area contributed by atoms with Gasteiger partial charge in [-0.25, -0.2) is 8.42 Å². The Morgan fingerprint density at radius 2 is 1.92 bits per heavy atom. The number of benzene rings is 1. The summed E-state index contributed by atoms with van der Waals surface area (Å²) in [6.07, 6.45) is 2.32. The van der Waals surface area contributed by atoms with E-state index in [1.54, 1.807) is 0 Å². The summed E-state index contributed by atoms with van der Waals surface area (Å²) in [5.74, 6) is -1.12. The largest absolute Gasteiger partial charge is 0.456 e. The summed E-state index contributed by atoms with van der Waals surface area (Å²) in [6.45, 7) is 0. The molecule has 1 heterocycles. The second-order valence-corrected chi connectivity index (χ2v) is 6.75. The van der Waals surface area contributed by atoms with E-state index < -0.39 is 27.3 Å². The van der Waals surface area contributed by atoms with E-state index >= 15 is 0 Å². The fourth-order valence-corrected chi connectivity index (χ4v) is 2.63. The Kier molecular flexibility index (Phi) is 4.69. The van der Waals surface area contributed by atoms with Crippen LogP contribution >= 0.6 is 0 Å². The van der Waals surface area contributed by atoms with Crippen molar-refractivity contribution in [2.75, 3.05) is 6.26 Å². The monoisotopic (exact) mass is 350 g/mol. The first-order valence-corrected chi connectivity index (χ1v) is 8.40. The van der Waals surface area contributed by atoms with Gasteiger partial charge in [-0.3, -0.25) is 9.59 Å². The molecule has 10 heteroatoms. The molecular weight excluding hydrogens is 336 g/mol. The van der Waals surface area contributed by atoms with E-state index in [1.807, 2.05) is 0 Å². The summed E-state index contributed by atoms with van der Waals surface area (Å²) in [4.78, 5) is 28.6. The van der Waals surface area contributed by atoms with Gasteiger partial charge in [0.25, 0.3) is 11.5 Å². The molecule has 2 rings (SSSR count). The standard InChI is InChI=1S/C14H14N4O5S/c1-24(21,22)11-6-8(13(20)18-14(15)16)2-3-10(11)23-9-4-5-17-12(19)7-9/h2-7H,1H3,(H,17,19)(H4,15,16,18,20). The topological polar surface area (TPSA) is 158 Å². The van der Waals surface area contributed by atoms with Gasteiger partial charge in [-0.15, -0.1) is 0 Å². The zero-order valence-electron chi connectivity index (χ0n) is 12.5. The fourth-order valence-electron chi connectivity index (χ4n) is 1.81. The lowest BCUT2D eigenvalue weighted by Gasteiger charge is -2.10. The van der Waals surface area contributed by atoms with Crippen molar-refractivity contribution in [3.63, 3.8) is 0 Å². The molecule has 0 unspecified atom stereocenters. The van der Waals surface area contributed by atoms with E-state index in [-0.39, 0.29) is 22.0 Å². The summed E-state index contributed by atoms with van der Waals surface area (Å²) in [5.41, 5.74) is 9.83. The van der Waals surface area contributed by atoms with Gasteiger partial charge >= 0.3 is 0 Å². The Labute approximate surface area is 136 Å². The van der Waals surface area contributed by atoms with E-state index in [1.165, 1.54) is 24.4 Å². The van der Waals surface area contributed by atoms with Crippen LogP contribution in [0.3, 0.4) is 0 Å². The molecule has 1 amide bonds. The van der Waals surface area contributed by atoms with Crippen LogP contribution in [0.1, 0.15) is 10.4 Å². The predicted octanol–water partition coefficient (Wildman–Crippen LogP) is -0.0157. The van der Waals surface area contributed by atoms with Crippen molar-refractivity contribution >= 4 is 21.7 Å². The number of H-pyrrole nitrogens is 1. The number of aromatic amines is 1.